The molecule has 0 saturated heterocycles. The number of allylic oxidation sites excluding steroid dienone is 1. The minimum atomic E-state index is 0.0792. The quantitative estimate of drug-likeness (QED) is 0.557. The van der Waals surface area contributed by atoms with Crippen LogP contribution in [0, 0.1) is 0 Å². The van der Waals surface area contributed by atoms with Gasteiger partial charge < -0.3 is 0 Å². The topological polar surface area (TPSA) is 0 Å². The van der Waals surface area contributed by atoms with Crippen molar-refractivity contribution in [2.75, 3.05) is 6.16 Å². The maximum atomic E-state index is 2.38. The molecule has 0 nitrogen and oxygen atoms in total. The SMILES string of the molecule is C1=CP(c2ccccc2)CC1. The molecule has 0 aliphatic carbocycles. The molecule has 0 amide bonds. The fourth-order valence-corrected chi connectivity index (χ4v) is 3.29. The van der Waals surface area contributed by atoms with Gasteiger partial charge in [0, 0.05) is 0 Å². The molecule has 56 valence electrons. The second kappa shape index (κ2) is 3.19. The molecule has 0 saturated carbocycles. The van der Waals surface area contributed by atoms with Gasteiger partial charge in [0.05, 0.1) is 0 Å². The standard InChI is InChI=1S/C10H11P/c1-2-6-10(7-3-1)11-8-4-5-9-11/h1-4,6-8H,5,9H2. The third kappa shape index (κ3) is 1.52. The lowest BCUT2D eigenvalue weighted by atomic mass is 10.4. The van der Waals surface area contributed by atoms with Gasteiger partial charge in [-0.15, -0.1) is 0 Å². The zero-order valence-electron chi connectivity index (χ0n) is 6.40. The summed E-state index contributed by atoms with van der Waals surface area (Å²) in [4.78, 5) is 0. The highest BCUT2D eigenvalue weighted by Gasteiger charge is 2.09. The van der Waals surface area contributed by atoms with Crippen LogP contribution in [0.15, 0.2) is 42.2 Å². The van der Waals surface area contributed by atoms with Crippen molar-refractivity contribution in [1.29, 1.82) is 0 Å². The van der Waals surface area contributed by atoms with E-state index >= 15 is 0 Å². The molecule has 0 fully saturated rings. The van der Waals surface area contributed by atoms with E-state index in [1.54, 1.807) is 0 Å². The zero-order chi connectivity index (χ0) is 7.52. The van der Waals surface area contributed by atoms with Gasteiger partial charge in [-0.1, -0.05) is 50.1 Å². The Hall–Kier alpha value is -0.610. The van der Waals surface area contributed by atoms with Crippen LogP contribution in [-0.2, 0) is 0 Å². The average molecular weight is 162 g/mol. The van der Waals surface area contributed by atoms with Crippen molar-refractivity contribution in [3.05, 3.63) is 42.2 Å². The van der Waals surface area contributed by atoms with Crippen LogP contribution in [0.4, 0.5) is 0 Å². The van der Waals surface area contributed by atoms with Crippen LogP contribution in [-0.4, -0.2) is 6.16 Å². The summed E-state index contributed by atoms with van der Waals surface area (Å²) in [6, 6.07) is 10.8. The van der Waals surface area contributed by atoms with Crippen molar-refractivity contribution in [1.82, 2.24) is 0 Å². The summed E-state index contributed by atoms with van der Waals surface area (Å²) in [5.41, 5.74) is 0. The normalized spacial score (nSPS) is 22.4. The molecule has 1 aliphatic rings. The summed E-state index contributed by atoms with van der Waals surface area (Å²) in [7, 11) is 0.0792. The van der Waals surface area contributed by atoms with Crippen LogP contribution < -0.4 is 5.30 Å². The van der Waals surface area contributed by atoms with E-state index in [9.17, 15) is 0 Å². The van der Waals surface area contributed by atoms with Gasteiger partial charge in [-0.25, -0.2) is 0 Å². The van der Waals surface area contributed by atoms with Crippen LogP contribution in [0.3, 0.4) is 0 Å². The first-order valence-electron chi connectivity index (χ1n) is 3.95. The summed E-state index contributed by atoms with van der Waals surface area (Å²) in [6.45, 7) is 0. The Balaban J connectivity index is 2.23. The third-order valence-corrected chi connectivity index (χ3v) is 4.18. The van der Waals surface area contributed by atoms with Crippen LogP contribution in [0.1, 0.15) is 6.42 Å². The van der Waals surface area contributed by atoms with Gasteiger partial charge in [0.15, 0.2) is 0 Å². The molecular formula is C10H11P. The molecule has 1 aromatic rings. The minimum Gasteiger partial charge on any atom is -0.0834 e. The molecule has 0 spiro atoms. The van der Waals surface area contributed by atoms with Crippen molar-refractivity contribution in [3.8, 4) is 0 Å². The van der Waals surface area contributed by atoms with Gasteiger partial charge in [0.1, 0.15) is 0 Å². The predicted molar refractivity (Wildman–Crippen MR) is 51.6 cm³/mol. The zero-order valence-corrected chi connectivity index (χ0v) is 7.30. The highest BCUT2D eigenvalue weighted by molar-refractivity contribution is 7.68. The summed E-state index contributed by atoms with van der Waals surface area (Å²) in [6.07, 6.45) is 4.94. The Labute approximate surface area is 68.7 Å². The second-order valence-electron chi connectivity index (χ2n) is 2.70. The molecule has 1 unspecified atom stereocenters. The van der Waals surface area contributed by atoms with Crippen LogP contribution in [0.2, 0.25) is 0 Å². The van der Waals surface area contributed by atoms with Crippen LogP contribution >= 0.6 is 7.92 Å². The largest absolute Gasteiger partial charge is 0.0834 e. The molecule has 1 aromatic carbocycles. The summed E-state index contributed by atoms with van der Waals surface area (Å²) in [5, 5.41) is 1.52. The minimum absolute atomic E-state index is 0.0792. The van der Waals surface area contributed by atoms with Gasteiger partial charge in [-0.05, 0) is 17.9 Å². The number of benzene rings is 1. The predicted octanol–water partition coefficient (Wildman–Crippen LogP) is 2.71. The Bertz CT molecular complexity index is 251. The average Bonchev–Trinajstić information content (AvgIpc) is 2.58. The highest BCUT2D eigenvalue weighted by atomic mass is 31.1. The van der Waals surface area contributed by atoms with Crippen molar-refractivity contribution in [3.63, 3.8) is 0 Å². The van der Waals surface area contributed by atoms with Crippen molar-refractivity contribution in [2.45, 2.75) is 6.42 Å². The second-order valence-corrected chi connectivity index (χ2v) is 4.90. The molecule has 0 bridgehead atoms. The molecule has 1 heterocycles. The Morgan fingerprint density at radius 1 is 1.09 bits per heavy atom. The first-order chi connectivity index (χ1) is 5.47. The summed E-state index contributed by atoms with van der Waals surface area (Å²) >= 11 is 0. The molecule has 1 heteroatoms. The summed E-state index contributed by atoms with van der Waals surface area (Å²) < 4.78 is 0. The molecule has 0 N–H and O–H groups in total. The fraction of sp³-hybridized carbons (Fsp3) is 0.200. The van der Waals surface area contributed by atoms with Crippen LogP contribution in [0.5, 0.6) is 0 Å². The van der Waals surface area contributed by atoms with E-state index in [-0.39, 0.29) is 7.92 Å². The maximum absolute atomic E-state index is 2.38. The number of hydrogen-bond acceptors (Lipinski definition) is 0. The Morgan fingerprint density at radius 3 is 2.55 bits per heavy atom. The lowest BCUT2D eigenvalue weighted by Crippen LogP contribution is -1.97. The maximum Gasteiger partial charge on any atom is -0.0201 e. The molecule has 1 atom stereocenters. The molecular weight excluding hydrogens is 151 g/mol. The monoisotopic (exact) mass is 162 g/mol. The smallest absolute Gasteiger partial charge is 0.0201 e. The molecule has 0 radical (unpaired) electrons. The van der Waals surface area contributed by atoms with E-state index in [1.807, 2.05) is 0 Å². The van der Waals surface area contributed by atoms with E-state index < -0.39 is 0 Å². The Kier molecular flexibility index (Phi) is 2.05. The van der Waals surface area contributed by atoms with Gasteiger partial charge in [-0.3, -0.25) is 0 Å². The van der Waals surface area contributed by atoms with Crippen LogP contribution in [0.25, 0.3) is 0 Å². The first-order valence-corrected chi connectivity index (χ1v) is 5.55. The fourth-order valence-electron chi connectivity index (χ4n) is 1.32. The third-order valence-electron chi connectivity index (χ3n) is 1.91. The lowest BCUT2D eigenvalue weighted by Gasteiger charge is -2.06. The van der Waals surface area contributed by atoms with Gasteiger partial charge in [0.2, 0.25) is 0 Å². The number of rotatable bonds is 1. The van der Waals surface area contributed by atoms with E-state index in [0.717, 1.165) is 0 Å². The molecule has 11 heavy (non-hydrogen) atoms. The number of hydrogen-bond donors (Lipinski definition) is 0. The first kappa shape index (κ1) is 7.06. The molecule has 2 rings (SSSR count). The highest BCUT2D eigenvalue weighted by Crippen LogP contribution is 2.41. The van der Waals surface area contributed by atoms with E-state index in [4.69, 9.17) is 0 Å². The van der Waals surface area contributed by atoms with Gasteiger partial charge in [0.25, 0.3) is 0 Å². The van der Waals surface area contributed by atoms with Gasteiger partial charge in [-0.2, -0.15) is 0 Å². The molecule has 0 aromatic heterocycles. The van der Waals surface area contributed by atoms with E-state index in [2.05, 4.69) is 42.2 Å². The van der Waals surface area contributed by atoms with Crippen molar-refractivity contribution in [2.24, 2.45) is 0 Å². The van der Waals surface area contributed by atoms with Crippen molar-refractivity contribution >= 4 is 13.2 Å². The Morgan fingerprint density at radius 2 is 1.91 bits per heavy atom. The lowest BCUT2D eigenvalue weighted by molar-refractivity contribution is 1.27. The van der Waals surface area contributed by atoms with Crippen molar-refractivity contribution < 1.29 is 0 Å². The van der Waals surface area contributed by atoms with E-state index in [1.165, 1.54) is 17.9 Å². The summed E-state index contributed by atoms with van der Waals surface area (Å²) in [5.74, 6) is 2.38. The van der Waals surface area contributed by atoms with E-state index in [0.29, 0.717) is 0 Å². The van der Waals surface area contributed by atoms with Gasteiger partial charge >= 0.3 is 0 Å². The molecule has 1 aliphatic heterocycles.